The Morgan fingerprint density at radius 3 is 3.06 bits per heavy atom. The third-order valence-corrected chi connectivity index (χ3v) is 2.80. The number of halogens is 1. The monoisotopic (exact) mass is 223 g/mol. The number of rotatable bonds is 3. The van der Waals surface area contributed by atoms with E-state index in [1.165, 1.54) is 6.07 Å². The molecular formula is C12H18FN3. The number of hydrogen-bond acceptors (Lipinski definition) is 3. The van der Waals surface area contributed by atoms with Crippen LogP contribution < -0.4 is 10.2 Å². The van der Waals surface area contributed by atoms with Gasteiger partial charge in [0, 0.05) is 31.4 Å². The van der Waals surface area contributed by atoms with Crippen molar-refractivity contribution in [1.29, 1.82) is 0 Å². The van der Waals surface area contributed by atoms with E-state index in [-0.39, 0.29) is 5.82 Å². The number of pyridine rings is 1. The minimum atomic E-state index is -0.229. The normalized spacial score (nSPS) is 20.8. The lowest BCUT2D eigenvalue weighted by atomic mass is 10.2. The maximum absolute atomic E-state index is 13.5. The summed E-state index contributed by atoms with van der Waals surface area (Å²) in [5.74, 6) is 0.253. The summed E-state index contributed by atoms with van der Waals surface area (Å²) in [4.78, 5) is 6.11. The van der Waals surface area contributed by atoms with Crippen molar-refractivity contribution in [3.05, 3.63) is 24.1 Å². The summed E-state index contributed by atoms with van der Waals surface area (Å²) >= 11 is 0. The molecule has 0 bridgehead atoms. The smallest absolute Gasteiger partial charge is 0.165 e. The molecule has 2 rings (SSSR count). The Labute approximate surface area is 95.7 Å². The van der Waals surface area contributed by atoms with Crippen LogP contribution in [0.25, 0.3) is 0 Å². The van der Waals surface area contributed by atoms with Gasteiger partial charge in [-0.05, 0) is 18.6 Å². The van der Waals surface area contributed by atoms with Crippen LogP contribution in [0.4, 0.5) is 10.2 Å². The standard InChI is InChI=1S/C12H18FN3/c1-9(2)15-10-5-7-16(8-10)12-11(13)4-3-6-14-12/h3-4,6,9-10,15H,5,7-8H2,1-2H3. The molecule has 1 aromatic heterocycles. The molecule has 1 N–H and O–H groups in total. The molecule has 0 aromatic carbocycles. The van der Waals surface area contributed by atoms with Crippen LogP contribution in [0.5, 0.6) is 0 Å². The van der Waals surface area contributed by atoms with Gasteiger partial charge in [0.05, 0.1) is 0 Å². The van der Waals surface area contributed by atoms with Crippen LogP contribution in [0.3, 0.4) is 0 Å². The Kier molecular flexibility index (Phi) is 3.39. The molecule has 0 saturated carbocycles. The van der Waals surface area contributed by atoms with E-state index in [9.17, 15) is 4.39 Å². The third-order valence-electron chi connectivity index (χ3n) is 2.80. The quantitative estimate of drug-likeness (QED) is 0.847. The van der Waals surface area contributed by atoms with Crippen LogP contribution >= 0.6 is 0 Å². The second-order valence-electron chi connectivity index (χ2n) is 4.56. The highest BCUT2D eigenvalue weighted by Crippen LogP contribution is 2.20. The summed E-state index contributed by atoms with van der Waals surface area (Å²) in [6.07, 6.45) is 2.69. The predicted octanol–water partition coefficient (Wildman–Crippen LogP) is 1.80. The summed E-state index contributed by atoms with van der Waals surface area (Å²) in [6, 6.07) is 4.00. The highest BCUT2D eigenvalue weighted by molar-refractivity contribution is 5.41. The van der Waals surface area contributed by atoms with Crippen molar-refractivity contribution < 1.29 is 4.39 Å². The molecule has 16 heavy (non-hydrogen) atoms. The third kappa shape index (κ3) is 2.50. The zero-order valence-corrected chi connectivity index (χ0v) is 9.78. The minimum Gasteiger partial charge on any atom is -0.353 e. The molecule has 1 aliphatic heterocycles. The van der Waals surface area contributed by atoms with E-state index < -0.39 is 0 Å². The topological polar surface area (TPSA) is 28.2 Å². The summed E-state index contributed by atoms with van der Waals surface area (Å²) in [7, 11) is 0. The highest BCUT2D eigenvalue weighted by atomic mass is 19.1. The molecule has 1 atom stereocenters. The second kappa shape index (κ2) is 4.78. The van der Waals surface area contributed by atoms with Crippen molar-refractivity contribution in [2.75, 3.05) is 18.0 Å². The Morgan fingerprint density at radius 1 is 1.56 bits per heavy atom. The number of nitrogens with one attached hydrogen (secondary N) is 1. The molecule has 4 heteroatoms. The molecule has 2 heterocycles. The van der Waals surface area contributed by atoms with Crippen LogP contribution in [0.1, 0.15) is 20.3 Å². The molecular weight excluding hydrogens is 205 g/mol. The van der Waals surface area contributed by atoms with Gasteiger partial charge in [0.25, 0.3) is 0 Å². The lowest BCUT2D eigenvalue weighted by Gasteiger charge is -2.19. The van der Waals surface area contributed by atoms with Crippen molar-refractivity contribution >= 4 is 5.82 Å². The van der Waals surface area contributed by atoms with E-state index in [4.69, 9.17) is 0 Å². The molecule has 88 valence electrons. The van der Waals surface area contributed by atoms with E-state index in [2.05, 4.69) is 24.1 Å². The Balaban J connectivity index is 2.01. The van der Waals surface area contributed by atoms with Gasteiger partial charge in [-0.25, -0.2) is 9.37 Å². The number of nitrogens with zero attached hydrogens (tertiary/aromatic N) is 2. The Morgan fingerprint density at radius 2 is 2.38 bits per heavy atom. The maximum Gasteiger partial charge on any atom is 0.165 e. The number of aromatic nitrogens is 1. The van der Waals surface area contributed by atoms with E-state index in [0.717, 1.165) is 19.5 Å². The first-order valence-electron chi connectivity index (χ1n) is 5.78. The molecule has 3 nitrogen and oxygen atoms in total. The molecule has 0 radical (unpaired) electrons. The van der Waals surface area contributed by atoms with Crippen molar-refractivity contribution in [3.8, 4) is 0 Å². The first-order chi connectivity index (χ1) is 7.66. The Hall–Kier alpha value is -1.16. The van der Waals surface area contributed by atoms with E-state index in [0.29, 0.717) is 17.9 Å². The molecule has 0 spiro atoms. The summed E-state index contributed by atoms with van der Waals surface area (Å²) in [5.41, 5.74) is 0. The van der Waals surface area contributed by atoms with E-state index >= 15 is 0 Å². The largest absolute Gasteiger partial charge is 0.353 e. The van der Waals surface area contributed by atoms with Crippen LogP contribution in [0, 0.1) is 5.82 Å². The SMILES string of the molecule is CC(C)NC1CCN(c2ncccc2F)C1. The molecule has 0 aliphatic carbocycles. The summed E-state index contributed by atoms with van der Waals surface area (Å²) in [5, 5.41) is 3.47. The maximum atomic E-state index is 13.5. The highest BCUT2D eigenvalue weighted by Gasteiger charge is 2.25. The van der Waals surface area contributed by atoms with Gasteiger partial charge in [0.2, 0.25) is 0 Å². The van der Waals surface area contributed by atoms with Gasteiger partial charge in [-0.2, -0.15) is 0 Å². The summed E-state index contributed by atoms with van der Waals surface area (Å²) < 4.78 is 13.5. The van der Waals surface area contributed by atoms with E-state index in [1.807, 2.05) is 4.90 Å². The van der Waals surface area contributed by atoms with Crippen LogP contribution in [0.15, 0.2) is 18.3 Å². The Bertz CT molecular complexity index is 354. The molecule has 1 aliphatic rings. The fourth-order valence-corrected chi connectivity index (χ4v) is 2.17. The predicted molar refractivity (Wildman–Crippen MR) is 63.1 cm³/mol. The van der Waals surface area contributed by atoms with Gasteiger partial charge >= 0.3 is 0 Å². The van der Waals surface area contributed by atoms with Crippen molar-refractivity contribution in [3.63, 3.8) is 0 Å². The average Bonchev–Trinajstić information content (AvgIpc) is 2.66. The lowest BCUT2D eigenvalue weighted by molar-refractivity contribution is 0.491. The number of hydrogen-bond donors (Lipinski definition) is 1. The van der Waals surface area contributed by atoms with E-state index in [1.54, 1.807) is 12.3 Å². The lowest BCUT2D eigenvalue weighted by Crippen LogP contribution is -2.37. The minimum absolute atomic E-state index is 0.229. The zero-order valence-electron chi connectivity index (χ0n) is 9.78. The first kappa shape index (κ1) is 11.3. The fraction of sp³-hybridized carbons (Fsp3) is 0.583. The van der Waals surface area contributed by atoms with Gasteiger partial charge in [-0.1, -0.05) is 13.8 Å². The van der Waals surface area contributed by atoms with Gasteiger partial charge in [-0.15, -0.1) is 0 Å². The van der Waals surface area contributed by atoms with Crippen LogP contribution in [-0.2, 0) is 0 Å². The molecule has 1 saturated heterocycles. The zero-order chi connectivity index (χ0) is 11.5. The van der Waals surface area contributed by atoms with Gasteiger partial charge in [0.1, 0.15) is 0 Å². The average molecular weight is 223 g/mol. The van der Waals surface area contributed by atoms with Crippen molar-refractivity contribution in [1.82, 2.24) is 10.3 Å². The number of anilines is 1. The first-order valence-corrected chi connectivity index (χ1v) is 5.78. The molecule has 0 amide bonds. The molecule has 1 unspecified atom stereocenters. The fourth-order valence-electron chi connectivity index (χ4n) is 2.17. The van der Waals surface area contributed by atoms with Crippen LogP contribution in [-0.4, -0.2) is 30.2 Å². The summed E-state index contributed by atoms with van der Waals surface area (Å²) in [6.45, 7) is 5.97. The van der Waals surface area contributed by atoms with Gasteiger partial charge in [0.15, 0.2) is 11.6 Å². The van der Waals surface area contributed by atoms with Gasteiger partial charge < -0.3 is 10.2 Å². The van der Waals surface area contributed by atoms with Gasteiger partial charge in [-0.3, -0.25) is 0 Å². The van der Waals surface area contributed by atoms with Crippen LogP contribution in [0.2, 0.25) is 0 Å². The van der Waals surface area contributed by atoms with Crippen molar-refractivity contribution in [2.45, 2.75) is 32.4 Å². The van der Waals surface area contributed by atoms with Crippen molar-refractivity contribution in [2.24, 2.45) is 0 Å². The molecule has 1 fully saturated rings. The second-order valence-corrected chi connectivity index (χ2v) is 4.56. The molecule has 1 aromatic rings.